The lowest BCUT2D eigenvalue weighted by molar-refractivity contribution is -0.150. The molecule has 560 valence electrons. The van der Waals surface area contributed by atoms with Crippen molar-refractivity contribution < 1.29 is 93.3 Å². The third-order valence-corrected chi connectivity index (χ3v) is 16.7. The minimum atomic E-state index is -4.65. The Morgan fingerprint density at radius 1 is 0.765 bits per heavy atom. The molecule has 1 saturated carbocycles. The van der Waals surface area contributed by atoms with Gasteiger partial charge in [-0.2, -0.15) is 23.4 Å². The number of nitrogens with one attached hydrogen (secondary N) is 4. The number of pyridine rings is 1. The van der Waals surface area contributed by atoms with Crippen LogP contribution in [-0.2, 0) is 67.2 Å². The zero-order valence-electron chi connectivity index (χ0n) is 58.2. The van der Waals surface area contributed by atoms with Crippen LogP contribution >= 0.6 is 0 Å². The van der Waals surface area contributed by atoms with Gasteiger partial charge < -0.3 is 73.5 Å². The first-order valence-corrected chi connectivity index (χ1v) is 34.1. The number of carbonyl (C=O) groups is 5. The number of benzene rings is 1. The minimum Gasteiger partial charge on any atom is -0.484 e. The number of ether oxygens (including phenoxy) is 10. The first-order valence-electron chi connectivity index (χ1n) is 34.1. The van der Waals surface area contributed by atoms with E-state index in [0.717, 1.165) is 30.6 Å². The fourth-order valence-corrected chi connectivity index (χ4v) is 11.2. The molecule has 2 aliphatic rings. The van der Waals surface area contributed by atoms with Gasteiger partial charge in [0.2, 0.25) is 11.8 Å². The number of carbonyl (C=O) groups excluding carboxylic acids is 5. The Morgan fingerprint density at radius 2 is 1.44 bits per heavy atom. The first-order chi connectivity index (χ1) is 49.0. The summed E-state index contributed by atoms with van der Waals surface area (Å²) in [6.45, 7) is 10.9. The van der Waals surface area contributed by atoms with E-state index in [4.69, 9.17) is 52.4 Å². The number of methoxy groups -OCH3 is 2. The van der Waals surface area contributed by atoms with Crippen LogP contribution in [0.15, 0.2) is 79.5 Å². The zero-order chi connectivity index (χ0) is 72.9. The molecule has 1 saturated heterocycles. The number of alkyl halides is 5. The lowest BCUT2D eigenvalue weighted by Crippen LogP contribution is -2.42. The fourth-order valence-electron chi connectivity index (χ4n) is 11.2. The van der Waals surface area contributed by atoms with Crippen molar-refractivity contribution in [3.05, 3.63) is 108 Å². The van der Waals surface area contributed by atoms with Gasteiger partial charge in [-0.3, -0.25) is 23.7 Å². The molecule has 0 bridgehead atoms. The highest BCUT2D eigenvalue weighted by Gasteiger charge is 2.49. The van der Waals surface area contributed by atoms with Crippen molar-refractivity contribution >= 4 is 35.4 Å². The molecule has 0 spiro atoms. The molecule has 4 N–H and O–H groups in total. The number of esters is 1. The molecule has 4 atom stereocenters. The Hall–Kier alpha value is -8.54. The molecule has 102 heavy (non-hydrogen) atoms. The zero-order valence-corrected chi connectivity index (χ0v) is 58.2. The average molecular weight is 1440 g/mol. The van der Waals surface area contributed by atoms with E-state index >= 15 is 0 Å². The Bertz CT molecular complexity index is 3570. The maximum Gasteiger partial charge on any atom is 0.410 e. The van der Waals surface area contributed by atoms with Crippen LogP contribution in [0.1, 0.15) is 135 Å². The molecule has 1 aliphatic heterocycles. The summed E-state index contributed by atoms with van der Waals surface area (Å²) in [5.41, 5.74) is 2.19. The molecular formula is C68H93F5N14O15. The van der Waals surface area contributed by atoms with Gasteiger partial charge in [-0.1, -0.05) is 44.9 Å². The third kappa shape index (κ3) is 26.1. The molecule has 8 rings (SSSR count). The monoisotopic (exact) mass is 1440 g/mol. The molecule has 29 nitrogen and oxygen atoms in total. The molecule has 5 amide bonds. The second kappa shape index (κ2) is 39.8. The van der Waals surface area contributed by atoms with Crippen molar-refractivity contribution in [3.63, 3.8) is 0 Å². The van der Waals surface area contributed by atoms with Crippen LogP contribution < -0.4 is 30.7 Å². The SMILES string of the molecule is COC[C@H](c1cnn2cc([C@@H](NC(=O)c3ccnn3CCCCCCn3cc(COCCOCCOCCOCCOCCOCCNC(=O)COc4cccc(Oc5ccc(C(=O)N[C@@H](CCC(C)(C)C)C(=O)OC)cn5)c4)nn3)C3CCC(F)(F)CC3)nc2c1)N1C[C@@H](C(F)(F)F)NC1=O. The Balaban J connectivity index is 0.601. The van der Waals surface area contributed by atoms with E-state index in [1.807, 2.05) is 11.5 Å². The summed E-state index contributed by atoms with van der Waals surface area (Å²) < 4.78 is 130. The fraction of sp³-hybridized carbons (Fsp3) is 0.603. The minimum absolute atomic E-state index is 0.0301. The van der Waals surface area contributed by atoms with Crippen LogP contribution in [0.5, 0.6) is 17.4 Å². The van der Waals surface area contributed by atoms with Crippen LogP contribution in [0, 0.1) is 11.3 Å². The number of imidazole rings is 1. The largest absolute Gasteiger partial charge is 0.484 e. The van der Waals surface area contributed by atoms with Gasteiger partial charge in [0.15, 0.2) is 12.3 Å². The summed E-state index contributed by atoms with van der Waals surface area (Å²) in [5, 5.41) is 27.8. The lowest BCUT2D eigenvalue weighted by atomic mass is 9.81. The van der Waals surface area contributed by atoms with Crippen LogP contribution in [-0.4, -0.2) is 216 Å². The van der Waals surface area contributed by atoms with E-state index < -0.39 is 72.5 Å². The molecular weight excluding hydrogens is 1350 g/mol. The lowest BCUT2D eigenvalue weighted by Gasteiger charge is -2.33. The first kappa shape index (κ1) is 79.2. The Kier molecular flexibility index (Phi) is 30.9. The van der Waals surface area contributed by atoms with Gasteiger partial charge in [0.05, 0.1) is 141 Å². The third-order valence-electron chi connectivity index (χ3n) is 16.7. The number of fused-ring (bicyclic) bond motifs is 1. The highest BCUT2D eigenvalue weighted by Crippen LogP contribution is 2.42. The number of hydrogen-bond acceptors (Lipinski definition) is 21. The molecule has 5 aromatic heterocycles. The van der Waals surface area contributed by atoms with E-state index in [9.17, 15) is 45.9 Å². The van der Waals surface area contributed by atoms with E-state index in [1.165, 1.54) is 49.5 Å². The maximum absolute atomic E-state index is 14.4. The smallest absolute Gasteiger partial charge is 0.410 e. The number of nitrogens with zero attached hydrogens (tertiary/aromatic N) is 10. The molecule has 6 aromatic rings. The quantitative estimate of drug-likeness (QED) is 0.0161. The normalized spacial score (nSPS) is 15.8. The molecule has 6 heterocycles. The number of urea groups is 1. The summed E-state index contributed by atoms with van der Waals surface area (Å²) in [7, 11) is 2.65. The van der Waals surface area contributed by atoms with E-state index in [2.05, 4.69) is 62.2 Å². The van der Waals surface area contributed by atoms with Crippen molar-refractivity contribution in [3.8, 4) is 17.4 Å². The molecule has 34 heteroatoms. The van der Waals surface area contributed by atoms with E-state index in [0.29, 0.717) is 120 Å². The Labute approximate surface area is 587 Å². The predicted octanol–water partition coefficient (Wildman–Crippen LogP) is 7.80. The second-order valence-corrected chi connectivity index (χ2v) is 25.8. The number of hydrogen-bond donors (Lipinski definition) is 4. The van der Waals surface area contributed by atoms with E-state index in [-0.39, 0.29) is 92.8 Å². The molecule has 1 aliphatic carbocycles. The summed E-state index contributed by atoms with van der Waals surface area (Å²) in [4.78, 5) is 74.3. The van der Waals surface area contributed by atoms with Crippen molar-refractivity contribution in [1.29, 1.82) is 0 Å². The number of halogens is 5. The Morgan fingerprint density at radius 3 is 2.09 bits per heavy atom. The summed E-state index contributed by atoms with van der Waals surface area (Å²) in [6, 6.07) is 7.44. The average Bonchev–Trinajstić information content (AvgIpc) is 1.62. The topological polar surface area (TPSA) is 321 Å². The standard InChI is InChI=1S/C68H93F5N14O15/c1-66(2,3)19-17-53(64(91)94-5)79-62(89)48-13-14-60(75-39-48)102-52-12-10-11-51(38-52)101-46-59(88)74-23-26-95-27-28-96-29-30-97-31-32-98-33-34-99-35-36-100-44-50-41-84(83-82-50)24-8-6-7-9-25-86-55(18-22-76-86)63(90)81-61(47-15-20-67(69,70)21-16-47)54-42-87-58(78-54)37-49(40-77-87)56(45-93-4)85-43-57(68(71,72)73)80-65(85)92/h10-14,18,22,37-42,47,53,56-57,61H,6-9,15-17,19-21,23-36,43-46H2,1-5H3,(H,74,88)(H,79,89)(H,80,92)(H,81,90)/t53-,56+,57-,61-/m0/s1. The van der Waals surface area contributed by atoms with Crippen molar-refractivity contribution in [2.75, 3.05) is 113 Å². The van der Waals surface area contributed by atoms with Crippen molar-refractivity contribution in [1.82, 2.24) is 70.5 Å². The van der Waals surface area contributed by atoms with Gasteiger partial charge >= 0.3 is 18.2 Å². The summed E-state index contributed by atoms with van der Waals surface area (Å²) in [6.07, 6.45) is 6.96. The molecule has 2 fully saturated rings. The predicted molar refractivity (Wildman–Crippen MR) is 355 cm³/mol. The van der Waals surface area contributed by atoms with Gasteiger partial charge in [-0.15, -0.1) is 5.10 Å². The summed E-state index contributed by atoms with van der Waals surface area (Å²) >= 11 is 0. The molecule has 0 unspecified atom stereocenters. The van der Waals surface area contributed by atoms with Crippen LogP contribution in [0.25, 0.3) is 5.65 Å². The number of amides is 5. The van der Waals surface area contributed by atoms with Crippen molar-refractivity contribution in [2.45, 2.75) is 141 Å². The number of rotatable bonds is 45. The molecule has 0 radical (unpaired) electrons. The van der Waals surface area contributed by atoms with Crippen molar-refractivity contribution in [2.24, 2.45) is 11.3 Å². The van der Waals surface area contributed by atoms with Crippen LogP contribution in [0.4, 0.5) is 26.7 Å². The van der Waals surface area contributed by atoms with E-state index in [1.54, 1.807) is 52.0 Å². The number of aromatic nitrogens is 9. The van der Waals surface area contributed by atoms with Gasteiger partial charge in [0, 0.05) is 69.7 Å². The molecule has 1 aromatic carbocycles. The summed E-state index contributed by atoms with van der Waals surface area (Å²) in [5.74, 6) is -3.99. The number of aryl methyl sites for hydroxylation is 2. The maximum atomic E-state index is 14.4. The van der Waals surface area contributed by atoms with Gasteiger partial charge in [0.25, 0.3) is 17.7 Å². The van der Waals surface area contributed by atoms with Gasteiger partial charge in [-0.05, 0) is 80.2 Å². The highest BCUT2D eigenvalue weighted by molar-refractivity contribution is 5.96. The van der Waals surface area contributed by atoms with Crippen LogP contribution in [0.2, 0.25) is 0 Å². The van der Waals surface area contributed by atoms with Gasteiger partial charge in [0.1, 0.15) is 35.0 Å². The number of unbranched alkanes of at least 4 members (excludes halogenated alkanes) is 3. The van der Waals surface area contributed by atoms with Crippen LogP contribution in [0.3, 0.4) is 0 Å². The highest BCUT2D eigenvalue weighted by atomic mass is 19.4. The second-order valence-electron chi connectivity index (χ2n) is 25.8. The van der Waals surface area contributed by atoms with Gasteiger partial charge in [-0.25, -0.2) is 32.9 Å².